The third kappa shape index (κ3) is 2.94. The van der Waals surface area contributed by atoms with Crippen LogP contribution in [0.4, 0.5) is 0 Å². The lowest BCUT2D eigenvalue weighted by atomic mass is 10.2. The van der Waals surface area contributed by atoms with Crippen molar-refractivity contribution in [2.75, 3.05) is 0 Å². The molecule has 3 nitrogen and oxygen atoms in total. The largest absolute Gasteiger partial charge is 0.457 e. The second kappa shape index (κ2) is 5.29. The number of amides is 1. The second-order valence-corrected chi connectivity index (χ2v) is 4.41. The number of carbonyl (C=O) groups excluding carboxylic acids is 1. The average Bonchev–Trinajstić information content (AvgIpc) is 2.75. The Kier molecular flexibility index (Phi) is 3.75. The molecule has 1 aromatic heterocycles. The summed E-state index contributed by atoms with van der Waals surface area (Å²) < 4.78 is 5.52. The zero-order chi connectivity index (χ0) is 13.1. The van der Waals surface area contributed by atoms with Crippen molar-refractivity contribution in [3.63, 3.8) is 0 Å². The van der Waals surface area contributed by atoms with E-state index in [-0.39, 0.29) is 0 Å². The highest BCUT2D eigenvalue weighted by Gasteiger charge is 2.08. The Hall–Kier alpha value is -1.71. The van der Waals surface area contributed by atoms with Crippen molar-refractivity contribution in [2.24, 2.45) is 5.73 Å². The number of primary amides is 1. The number of carbonyl (C=O) groups is 1. The summed E-state index contributed by atoms with van der Waals surface area (Å²) in [6.45, 7) is 0. The first-order valence-corrected chi connectivity index (χ1v) is 5.84. The first kappa shape index (κ1) is 12.7. The highest BCUT2D eigenvalue weighted by molar-refractivity contribution is 6.36. The van der Waals surface area contributed by atoms with Crippen molar-refractivity contribution in [3.05, 3.63) is 52.2 Å². The van der Waals surface area contributed by atoms with Gasteiger partial charge in [0.2, 0.25) is 5.91 Å². The summed E-state index contributed by atoms with van der Waals surface area (Å²) in [5.74, 6) is 0.591. The molecule has 2 N–H and O–H groups in total. The third-order valence-electron chi connectivity index (χ3n) is 2.24. The van der Waals surface area contributed by atoms with Gasteiger partial charge in [-0.15, -0.1) is 0 Å². The van der Waals surface area contributed by atoms with E-state index in [2.05, 4.69) is 0 Å². The van der Waals surface area contributed by atoms with Gasteiger partial charge in [-0.25, -0.2) is 0 Å². The van der Waals surface area contributed by atoms with Crippen molar-refractivity contribution in [1.29, 1.82) is 0 Å². The number of nitrogens with two attached hydrogens (primary N) is 1. The third-order valence-corrected chi connectivity index (χ3v) is 2.78. The van der Waals surface area contributed by atoms with Crippen molar-refractivity contribution in [2.45, 2.75) is 0 Å². The fourth-order valence-electron chi connectivity index (χ4n) is 1.44. The molecule has 0 atom stereocenters. The van der Waals surface area contributed by atoms with Gasteiger partial charge in [0.1, 0.15) is 11.5 Å². The van der Waals surface area contributed by atoms with Crippen LogP contribution in [0.2, 0.25) is 10.0 Å². The zero-order valence-corrected chi connectivity index (χ0v) is 10.7. The van der Waals surface area contributed by atoms with Crippen LogP contribution in [0.25, 0.3) is 17.4 Å². The standard InChI is InChI=1S/C13H9Cl2NO2/c14-8-1-4-10(11(15)7-8)12-5-2-9(18-12)3-6-13(16)17/h1-7H,(H2,16,17). The van der Waals surface area contributed by atoms with Gasteiger partial charge in [-0.05, 0) is 36.4 Å². The van der Waals surface area contributed by atoms with Gasteiger partial charge in [-0.3, -0.25) is 4.79 Å². The number of hydrogen-bond acceptors (Lipinski definition) is 2. The second-order valence-electron chi connectivity index (χ2n) is 3.56. The topological polar surface area (TPSA) is 56.2 Å². The molecule has 0 fully saturated rings. The molecule has 0 aliphatic heterocycles. The summed E-state index contributed by atoms with van der Waals surface area (Å²) >= 11 is 11.9. The minimum atomic E-state index is -0.530. The molecular weight excluding hydrogens is 273 g/mol. The Labute approximate surface area is 114 Å². The Balaban J connectivity index is 2.32. The van der Waals surface area contributed by atoms with Crippen LogP contribution in [0.1, 0.15) is 5.76 Å². The summed E-state index contributed by atoms with van der Waals surface area (Å²) in [7, 11) is 0. The number of halogens is 2. The molecule has 0 saturated heterocycles. The van der Waals surface area contributed by atoms with E-state index in [1.807, 2.05) is 0 Å². The van der Waals surface area contributed by atoms with E-state index in [1.165, 1.54) is 12.2 Å². The molecule has 0 aliphatic rings. The Morgan fingerprint density at radius 2 is 2.00 bits per heavy atom. The van der Waals surface area contributed by atoms with Crippen LogP contribution in [0.5, 0.6) is 0 Å². The highest BCUT2D eigenvalue weighted by atomic mass is 35.5. The van der Waals surface area contributed by atoms with E-state index in [0.29, 0.717) is 21.6 Å². The maximum absolute atomic E-state index is 10.6. The van der Waals surface area contributed by atoms with Gasteiger partial charge in [-0.1, -0.05) is 23.2 Å². The number of rotatable bonds is 3. The first-order valence-electron chi connectivity index (χ1n) is 5.09. The summed E-state index contributed by atoms with van der Waals surface area (Å²) in [5, 5.41) is 1.06. The van der Waals surface area contributed by atoms with E-state index in [0.717, 1.165) is 5.56 Å². The van der Waals surface area contributed by atoms with Crippen LogP contribution >= 0.6 is 23.2 Å². The molecule has 0 aliphatic carbocycles. The van der Waals surface area contributed by atoms with Gasteiger partial charge in [-0.2, -0.15) is 0 Å². The van der Waals surface area contributed by atoms with Crippen LogP contribution in [0, 0.1) is 0 Å². The Morgan fingerprint density at radius 1 is 1.22 bits per heavy atom. The van der Waals surface area contributed by atoms with E-state index >= 15 is 0 Å². The molecule has 0 unspecified atom stereocenters. The molecule has 0 saturated carbocycles. The summed E-state index contributed by atoms with van der Waals surface area (Å²) in [4.78, 5) is 10.6. The van der Waals surface area contributed by atoms with Gasteiger partial charge in [0, 0.05) is 16.7 Å². The summed E-state index contributed by atoms with van der Waals surface area (Å²) in [5.41, 5.74) is 5.73. The molecule has 5 heteroatoms. The first-order chi connectivity index (χ1) is 8.56. The number of hydrogen-bond donors (Lipinski definition) is 1. The van der Waals surface area contributed by atoms with E-state index < -0.39 is 5.91 Å². The lowest BCUT2D eigenvalue weighted by Gasteiger charge is -2.00. The smallest absolute Gasteiger partial charge is 0.241 e. The van der Waals surface area contributed by atoms with Gasteiger partial charge < -0.3 is 10.2 Å². The molecule has 2 rings (SSSR count). The summed E-state index contributed by atoms with van der Waals surface area (Å²) in [6, 6.07) is 8.62. The van der Waals surface area contributed by atoms with Gasteiger partial charge in [0.25, 0.3) is 0 Å². The maximum Gasteiger partial charge on any atom is 0.241 e. The van der Waals surface area contributed by atoms with Crippen molar-refractivity contribution < 1.29 is 9.21 Å². The van der Waals surface area contributed by atoms with E-state index in [1.54, 1.807) is 30.3 Å². The fourth-order valence-corrected chi connectivity index (χ4v) is 1.94. The molecule has 92 valence electrons. The molecule has 1 amide bonds. The van der Waals surface area contributed by atoms with E-state index in [9.17, 15) is 4.79 Å². The molecule has 1 heterocycles. The molecule has 2 aromatic rings. The monoisotopic (exact) mass is 281 g/mol. The predicted molar refractivity (Wildman–Crippen MR) is 72.4 cm³/mol. The molecule has 18 heavy (non-hydrogen) atoms. The normalized spacial score (nSPS) is 11.0. The van der Waals surface area contributed by atoms with E-state index in [4.69, 9.17) is 33.4 Å². The minimum absolute atomic E-state index is 0.502. The molecule has 1 aromatic carbocycles. The van der Waals surface area contributed by atoms with Crippen LogP contribution in [-0.2, 0) is 4.79 Å². The van der Waals surface area contributed by atoms with Crippen molar-refractivity contribution in [3.8, 4) is 11.3 Å². The van der Waals surface area contributed by atoms with Gasteiger partial charge in [0.15, 0.2) is 0 Å². The van der Waals surface area contributed by atoms with Crippen LogP contribution in [0.3, 0.4) is 0 Å². The minimum Gasteiger partial charge on any atom is -0.457 e. The number of furan rings is 1. The van der Waals surface area contributed by atoms with Crippen molar-refractivity contribution >= 4 is 35.2 Å². The maximum atomic E-state index is 10.6. The molecule has 0 bridgehead atoms. The molecule has 0 radical (unpaired) electrons. The van der Waals surface area contributed by atoms with Crippen LogP contribution in [-0.4, -0.2) is 5.91 Å². The van der Waals surface area contributed by atoms with Gasteiger partial charge >= 0.3 is 0 Å². The molecular formula is C13H9Cl2NO2. The SMILES string of the molecule is NC(=O)C=Cc1ccc(-c2ccc(Cl)cc2Cl)o1. The predicted octanol–water partition coefficient (Wildman–Crippen LogP) is 3.75. The Bertz CT molecular complexity index is 617. The lowest BCUT2D eigenvalue weighted by molar-refractivity contribution is -0.113. The zero-order valence-electron chi connectivity index (χ0n) is 9.19. The number of benzene rings is 1. The average molecular weight is 282 g/mol. The van der Waals surface area contributed by atoms with Gasteiger partial charge in [0.05, 0.1) is 5.02 Å². The molecule has 0 spiro atoms. The quantitative estimate of drug-likeness (QED) is 0.871. The lowest BCUT2D eigenvalue weighted by Crippen LogP contribution is -2.04. The summed E-state index contributed by atoms with van der Waals surface area (Å²) in [6.07, 6.45) is 2.72. The highest BCUT2D eigenvalue weighted by Crippen LogP contribution is 2.31. The van der Waals surface area contributed by atoms with Crippen LogP contribution in [0.15, 0.2) is 40.8 Å². The van der Waals surface area contributed by atoms with Crippen LogP contribution < -0.4 is 5.73 Å². The van der Waals surface area contributed by atoms with Crippen molar-refractivity contribution in [1.82, 2.24) is 0 Å². The Morgan fingerprint density at radius 3 is 2.67 bits per heavy atom. The fraction of sp³-hybridized carbons (Fsp3) is 0.